The molecule has 1 amide bonds. The van der Waals surface area contributed by atoms with Crippen molar-refractivity contribution in [3.05, 3.63) is 41.6 Å². The Hall–Kier alpha value is -2.50. The fourth-order valence-corrected chi connectivity index (χ4v) is 1.75. The SMILES string of the molecule is COc1ccc(C(=O)NC(C)c2ncc(C)o2)cc1O. The standard InChI is InChI=1S/C14H16N2O4/c1-8-7-15-14(20-8)9(2)16-13(18)10-4-5-12(19-3)11(17)6-10/h4-7,9,17H,1-3H3,(H,16,18). The van der Waals surface area contributed by atoms with Crippen molar-refractivity contribution in [2.75, 3.05) is 7.11 Å². The summed E-state index contributed by atoms with van der Waals surface area (Å²) in [6.07, 6.45) is 1.59. The Morgan fingerprint density at radius 2 is 2.25 bits per heavy atom. The smallest absolute Gasteiger partial charge is 0.252 e. The molecule has 1 aromatic carbocycles. The molecular weight excluding hydrogens is 260 g/mol. The first kappa shape index (κ1) is 13.9. The molecule has 0 radical (unpaired) electrons. The molecule has 2 aromatic rings. The van der Waals surface area contributed by atoms with Gasteiger partial charge in [0, 0.05) is 5.56 Å². The Kier molecular flexibility index (Phi) is 3.93. The molecule has 1 unspecified atom stereocenters. The van der Waals surface area contributed by atoms with Crippen molar-refractivity contribution in [2.45, 2.75) is 19.9 Å². The molecule has 20 heavy (non-hydrogen) atoms. The molecule has 1 atom stereocenters. The topological polar surface area (TPSA) is 84.6 Å². The quantitative estimate of drug-likeness (QED) is 0.894. The first-order chi connectivity index (χ1) is 9.51. The lowest BCUT2D eigenvalue weighted by atomic mass is 10.1. The summed E-state index contributed by atoms with van der Waals surface area (Å²) >= 11 is 0. The van der Waals surface area contributed by atoms with E-state index in [0.717, 1.165) is 0 Å². The van der Waals surface area contributed by atoms with Crippen LogP contribution in [0, 0.1) is 6.92 Å². The van der Waals surface area contributed by atoms with E-state index < -0.39 is 0 Å². The predicted octanol–water partition coefficient (Wildman–Crippen LogP) is 2.19. The van der Waals surface area contributed by atoms with Crippen LogP contribution in [0.2, 0.25) is 0 Å². The number of nitrogens with one attached hydrogen (secondary N) is 1. The third kappa shape index (κ3) is 2.90. The number of benzene rings is 1. The molecule has 6 heteroatoms. The fourth-order valence-electron chi connectivity index (χ4n) is 1.75. The summed E-state index contributed by atoms with van der Waals surface area (Å²) in [6.45, 7) is 3.55. The van der Waals surface area contributed by atoms with Crippen LogP contribution in [0.15, 0.2) is 28.8 Å². The zero-order chi connectivity index (χ0) is 14.7. The Morgan fingerprint density at radius 3 is 2.80 bits per heavy atom. The van der Waals surface area contributed by atoms with Gasteiger partial charge in [-0.3, -0.25) is 4.79 Å². The number of nitrogens with zero attached hydrogens (tertiary/aromatic N) is 1. The van der Waals surface area contributed by atoms with E-state index in [2.05, 4.69) is 10.3 Å². The van der Waals surface area contributed by atoms with Crippen molar-refractivity contribution in [1.29, 1.82) is 0 Å². The third-order valence-electron chi connectivity index (χ3n) is 2.80. The summed E-state index contributed by atoms with van der Waals surface area (Å²) in [5, 5.41) is 12.4. The van der Waals surface area contributed by atoms with Crippen molar-refractivity contribution < 1.29 is 19.1 Å². The van der Waals surface area contributed by atoms with E-state index in [-0.39, 0.29) is 17.7 Å². The minimum absolute atomic E-state index is 0.0835. The molecule has 0 aliphatic rings. The highest BCUT2D eigenvalue weighted by atomic mass is 16.5. The van der Waals surface area contributed by atoms with Crippen LogP contribution in [0.25, 0.3) is 0 Å². The van der Waals surface area contributed by atoms with Crippen LogP contribution in [-0.4, -0.2) is 23.1 Å². The van der Waals surface area contributed by atoms with Crippen LogP contribution in [0.1, 0.15) is 35.0 Å². The van der Waals surface area contributed by atoms with E-state index in [9.17, 15) is 9.90 Å². The molecule has 0 saturated carbocycles. The van der Waals surface area contributed by atoms with Crippen molar-refractivity contribution in [3.63, 3.8) is 0 Å². The molecule has 2 rings (SSSR count). The minimum Gasteiger partial charge on any atom is -0.504 e. The van der Waals surface area contributed by atoms with Crippen LogP contribution in [0.3, 0.4) is 0 Å². The van der Waals surface area contributed by atoms with Crippen molar-refractivity contribution >= 4 is 5.91 Å². The molecule has 0 bridgehead atoms. The van der Waals surface area contributed by atoms with Gasteiger partial charge < -0.3 is 19.6 Å². The van der Waals surface area contributed by atoms with Crippen molar-refractivity contribution in [3.8, 4) is 11.5 Å². The molecule has 0 aliphatic carbocycles. The molecule has 6 nitrogen and oxygen atoms in total. The van der Waals surface area contributed by atoms with E-state index in [1.54, 1.807) is 26.1 Å². The number of phenolic OH excluding ortho intramolecular Hbond substituents is 1. The van der Waals surface area contributed by atoms with E-state index in [4.69, 9.17) is 9.15 Å². The lowest BCUT2D eigenvalue weighted by molar-refractivity contribution is 0.0933. The minimum atomic E-state index is -0.361. The number of phenols is 1. The number of aromatic nitrogens is 1. The number of ether oxygens (including phenoxy) is 1. The lowest BCUT2D eigenvalue weighted by Gasteiger charge is -2.11. The van der Waals surface area contributed by atoms with Gasteiger partial charge in [0.05, 0.1) is 13.3 Å². The maximum Gasteiger partial charge on any atom is 0.252 e. The highest BCUT2D eigenvalue weighted by Gasteiger charge is 2.16. The van der Waals surface area contributed by atoms with Crippen LogP contribution in [0.4, 0.5) is 0 Å². The maximum atomic E-state index is 12.1. The third-order valence-corrected chi connectivity index (χ3v) is 2.80. The Balaban J connectivity index is 2.10. The first-order valence-electron chi connectivity index (χ1n) is 6.11. The molecule has 0 fully saturated rings. The molecule has 0 spiro atoms. The number of carbonyl (C=O) groups is 1. The number of aromatic hydroxyl groups is 1. The number of hydrogen-bond donors (Lipinski definition) is 2. The van der Waals surface area contributed by atoms with Gasteiger partial charge in [-0.25, -0.2) is 4.98 Å². The van der Waals surface area contributed by atoms with Crippen LogP contribution in [0.5, 0.6) is 11.5 Å². The number of oxazole rings is 1. The number of aryl methyl sites for hydroxylation is 1. The number of rotatable bonds is 4. The zero-order valence-electron chi connectivity index (χ0n) is 11.5. The second-order valence-corrected chi connectivity index (χ2v) is 4.39. The normalized spacial score (nSPS) is 11.9. The Labute approximate surface area is 116 Å². The van der Waals surface area contributed by atoms with Gasteiger partial charge >= 0.3 is 0 Å². The summed E-state index contributed by atoms with van der Waals surface area (Å²) < 4.78 is 10.3. The predicted molar refractivity (Wildman–Crippen MR) is 71.8 cm³/mol. The highest BCUT2D eigenvalue weighted by Crippen LogP contribution is 2.26. The molecule has 1 heterocycles. The van der Waals surface area contributed by atoms with Crippen LogP contribution in [-0.2, 0) is 0 Å². The van der Waals surface area contributed by atoms with Crippen LogP contribution < -0.4 is 10.1 Å². The van der Waals surface area contributed by atoms with Crippen molar-refractivity contribution in [1.82, 2.24) is 10.3 Å². The first-order valence-corrected chi connectivity index (χ1v) is 6.11. The zero-order valence-corrected chi connectivity index (χ0v) is 11.5. The Morgan fingerprint density at radius 1 is 1.50 bits per heavy atom. The molecule has 0 saturated heterocycles. The van der Waals surface area contributed by atoms with E-state index in [0.29, 0.717) is 23.0 Å². The second-order valence-electron chi connectivity index (χ2n) is 4.39. The monoisotopic (exact) mass is 276 g/mol. The number of carbonyl (C=O) groups excluding carboxylic acids is 1. The summed E-state index contributed by atoms with van der Waals surface area (Å²) in [4.78, 5) is 16.1. The Bertz CT molecular complexity index is 621. The highest BCUT2D eigenvalue weighted by molar-refractivity contribution is 5.95. The van der Waals surface area contributed by atoms with Gasteiger partial charge in [0.15, 0.2) is 11.5 Å². The molecular formula is C14H16N2O4. The van der Waals surface area contributed by atoms with Gasteiger partial charge in [-0.05, 0) is 32.0 Å². The number of methoxy groups -OCH3 is 1. The summed E-state index contributed by atoms with van der Waals surface area (Å²) in [6, 6.07) is 4.09. The average Bonchev–Trinajstić information content (AvgIpc) is 2.85. The summed E-state index contributed by atoms with van der Waals surface area (Å²) in [5.74, 6) is 1.03. The molecule has 1 aromatic heterocycles. The summed E-state index contributed by atoms with van der Waals surface area (Å²) in [7, 11) is 1.45. The van der Waals surface area contributed by atoms with Gasteiger partial charge in [-0.15, -0.1) is 0 Å². The van der Waals surface area contributed by atoms with Gasteiger partial charge in [-0.1, -0.05) is 0 Å². The maximum absolute atomic E-state index is 12.1. The van der Waals surface area contributed by atoms with Crippen molar-refractivity contribution in [2.24, 2.45) is 0 Å². The average molecular weight is 276 g/mol. The second kappa shape index (κ2) is 5.64. The van der Waals surface area contributed by atoms with Gasteiger partial charge in [0.1, 0.15) is 11.8 Å². The lowest BCUT2D eigenvalue weighted by Crippen LogP contribution is -2.26. The molecule has 2 N–H and O–H groups in total. The van der Waals surface area contributed by atoms with E-state index in [1.165, 1.54) is 19.2 Å². The number of amides is 1. The van der Waals surface area contributed by atoms with E-state index >= 15 is 0 Å². The summed E-state index contributed by atoms with van der Waals surface area (Å²) in [5.41, 5.74) is 0.332. The van der Waals surface area contributed by atoms with Crippen LogP contribution >= 0.6 is 0 Å². The van der Waals surface area contributed by atoms with E-state index in [1.807, 2.05) is 0 Å². The molecule has 0 aliphatic heterocycles. The van der Waals surface area contributed by atoms with Gasteiger partial charge in [0.2, 0.25) is 5.89 Å². The van der Waals surface area contributed by atoms with Gasteiger partial charge in [-0.2, -0.15) is 0 Å². The largest absolute Gasteiger partial charge is 0.504 e. The number of hydrogen-bond acceptors (Lipinski definition) is 5. The molecule has 106 valence electrons. The van der Waals surface area contributed by atoms with Gasteiger partial charge in [0.25, 0.3) is 5.91 Å². The fraction of sp³-hybridized carbons (Fsp3) is 0.286.